The van der Waals surface area contributed by atoms with Crippen molar-refractivity contribution in [3.8, 4) is 0 Å². The fourth-order valence-electron chi connectivity index (χ4n) is 2.17. The predicted octanol–water partition coefficient (Wildman–Crippen LogP) is 2.94. The maximum absolute atomic E-state index is 6.03. The van der Waals surface area contributed by atoms with Crippen LogP contribution in [0.15, 0.2) is 24.3 Å². The molecular formula is C14H22N2. The third-order valence-electron chi connectivity index (χ3n) is 3.33. The Hall–Kier alpha value is -1.02. The van der Waals surface area contributed by atoms with E-state index in [1.807, 2.05) is 0 Å². The van der Waals surface area contributed by atoms with E-state index >= 15 is 0 Å². The fourth-order valence-corrected chi connectivity index (χ4v) is 2.17. The van der Waals surface area contributed by atoms with Crippen molar-refractivity contribution in [2.75, 3.05) is 18.0 Å². The van der Waals surface area contributed by atoms with Gasteiger partial charge in [0.1, 0.15) is 0 Å². The molecule has 0 unspecified atom stereocenters. The molecule has 1 aromatic carbocycles. The quantitative estimate of drug-likeness (QED) is 0.823. The van der Waals surface area contributed by atoms with E-state index in [2.05, 4.69) is 43.0 Å². The van der Waals surface area contributed by atoms with E-state index in [4.69, 9.17) is 5.73 Å². The Morgan fingerprint density at radius 1 is 1.38 bits per heavy atom. The number of rotatable bonds is 5. The summed E-state index contributed by atoms with van der Waals surface area (Å²) in [5, 5.41) is 0. The van der Waals surface area contributed by atoms with Crippen LogP contribution in [-0.2, 0) is 0 Å². The number of hydrogen-bond acceptors (Lipinski definition) is 2. The summed E-state index contributed by atoms with van der Waals surface area (Å²) in [7, 11) is 0. The molecule has 0 saturated heterocycles. The number of para-hydroxylation sites is 1. The first-order chi connectivity index (χ1) is 7.72. The molecule has 0 bridgehead atoms. The van der Waals surface area contributed by atoms with Crippen LogP contribution in [0.2, 0.25) is 0 Å². The highest BCUT2D eigenvalue weighted by molar-refractivity contribution is 5.55. The first-order valence-electron chi connectivity index (χ1n) is 6.31. The highest BCUT2D eigenvalue weighted by atomic mass is 15.1. The molecule has 0 aromatic heterocycles. The fraction of sp³-hybridized carbons (Fsp3) is 0.571. The molecular weight excluding hydrogens is 196 g/mol. The van der Waals surface area contributed by atoms with Crippen molar-refractivity contribution in [2.45, 2.75) is 32.7 Å². The smallest absolute Gasteiger partial charge is 0.0414 e. The Labute approximate surface area is 98.4 Å². The van der Waals surface area contributed by atoms with Crippen molar-refractivity contribution in [3.63, 3.8) is 0 Å². The average molecular weight is 218 g/mol. The molecule has 2 rings (SSSR count). The molecule has 0 spiro atoms. The Morgan fingerprint density at radius 2 is 2.06 bits per heavy atom. The number of nitrogens with zero attached hydrogens (tertiary/aromatic N) is 1. The first kappa shape index (κ1) is 11.5. The van der Waals surface area contributed by atoms with Gasteiger partial charge in [0.25, 0.3) is 0 Å². The summed E-state index contributed by atoms with van der Waals surface area (Å²) >= 11 is 0. The maximum Gasteiger partial charge on any atom is 0.0414 e. The molecule has 2 nitrogen and oxygen atoms in total. The molecule has 16 heavy (non-hydrogen) atoms. The minimum atomic E-state index is 0.115. The lowest BCUT2D eigenvalue weighted by Crippen LogP contribution is -2.27. The summed E-state index contributed by atoms with van der Waals surface area (Å²) in [6.45, 7) is 6.55. The molecule has 0 amide bonds. The van der Waals surface area contributed by atoms with Crippen molar-refractivity contribution in [1.82, 2.24) is 0 Å². The lowest BCUT2D eigenvalue weighted by atomic mass is 10.1. The average Bonchev–Trinajstić information content (AvgIpc) is 3.09. The lowest BCUT2D eigenvalue weighted by molar-refractivity contribution is 0.726. The molecule has 1 fully saturated rings. The number of hydrogen-bond donors (Lipinski definition) is 1. The lowest BCUT2D eigenvalue weighted by Gasteiger charge is -2.27. The molecule has 0 heterocycles. The van der Waals surface area contributed by atoms with Gasteiger partial charge in [-0.1, -0.05) is 18.2 Å². The molecule has 1 atom stereocenters. The molecule has 2 N–H and O–H groups in total. The van der Waals surface area contributed by atoms with Crippen molar-refractivity contribution < 1.29 is 0 Å². The Balaban J connectivity index is 2.21. The second-order valence-electron chi connectivity index (χ2n) is 4.83. The van der Waals surface area contributed by atoms with Gasteiger partial charge < -0.3 is 10.6 Å². The Morgan fingerprint density at radius 3 is 2.62 bits per heavy atom. The third kappa shape index (κ3) is 2.56. The van der Waals surface area contributed by atoms with Gasteiger partial charge >= 0.3 is 0 Å². The van der Waals surface area contributed by atoms with Crippen LogP contribution in [0.5, 0.6) is 0 Å². The summed E-state index contributed by atoms with van der Waals surface area (Å²) < 4.78 is 0. The summed E-state index contributed by atoms with van der Waals surface area (Å²) in [6.07, 6.45) is 2.80. The van der Waals surface area contributed by atoms with Crippen LogP contribution in [0.1, 0.15) is 38.3 Å². The van der Waals surface area contributed by atoms with Crippen LogP contribution in [0, 0.1) is 5.92 Å². The molecule has 1 aromatic rings. The number of anilines is 1. The third-order valence-corrected chi connectivity index (χ3v) is 3.33. The monoisotopic (exact) mass is 218 g/mol. The van der Waals surface area contributed by atoms with E-state index < -0.39 is 0 Å². The van der Waals surface area contributed by atoms with Crippen molar-refractivity contribution in [2.24, 2.45) is 11.7 Å². The van der Waals surface area contributed by atoms with Gasteiger partial charge in [0, 0.05) is 24.8 Å². The summed E-state index contributed by atoms with van der Waals surface area (Å²) in [5.74, 6) is 0.918. The van der Waals surface area contributed by atoms with Gasteiger partial charge in [-0.05, 0) is 44.2 Å². The van der Waals surface area contributed by atoms with Crippen LogP contribution in [0.3, 0.4) is 0 Å². The van der Waals surface area contributed by atoms with Crippen molar-refractivity contribution in [3.05, 3.63) is 29.8 Å². The van der Waals surface area contributed by atoms with Gasteiger partial charge in [0.15, 0.2) is 0 Å². The van der Waals surface area contributed by atoms with E-state index in [1.165, 1.54) is 30.6 Å². The van der Waals surface area contributed by atoms with Gasteiger partial charge in [-0.2, -0.15) is 0 Å². The van der Waals surface area contributed by atoms with Crippen LogP contribution in [0.25, 0.3) is 0 Å². The zero-order valence-corrected chi connectivity index (χ0v) is 10.3. The van der Waals surface area contributed by atoms with Gasteiger partial charge in [-0.3, -0.25) is 0 Å². The largest absolute Gasteiger partial charge is 0.371 e. The van der Waals surface area contributed by atoms with Crippen molar-refractivity contribution >= 4 is 5.69 Å². The standard InChI is InChI=1S/C14H22N2/c1-3-16(10-12-8-9-12)14-7-5-4-6-13(14)11(2)15/h4-7,11-12H,3,8-10,15H2,1-2H3/t11-/m1/s1. The van der Waals surface area contributed by atoms with Gasteiger partial charge in [-0.15, -0.1) is 0 Å². The van der Waals surface area contributed by atoms with Crippen LogP contribution in [0.4, 0.5) is 5.69 Å². The van der Waals surface area contributed by atoms with E-state index in [-0.39, 0.29) is 6.04 Å². The van der Waals surface area contributed by atoms with E-state index in [0.29, 0.717) is 0 Å². The molecule has 88 valence electrons. The minimum Gasteiger partial charge on any atom is -0.371 e. The van der Waals surface area contributed by atoms with Crippen molar-refractivity contribution in [1.29, 1.82) is 0 Å². The second kappa shape index (κ2) is 4.88. The van der Waals surface area contributed by atoms with E-state index in [0.717, 1.165) is 12.5 Å². The summed E-state index contributed by atoms with van der Waals surface area (Å²) in [4.78, 5) is 2.47. The molecule has 1 aliphatic carbocycles. The molecule has 1 saturated carbocycles. The van der Waals surface area contributed by atoms with Gasteiger partial charge in [0.2, 0.25) is 0 Å². The molecule has 2 heteroatoms. The summed E-state index contributed by atoms with van der Waals surface area (Å²) in [5.41, 5.74) is 8.62. The Bertz CT molecular complexity index is 342. The van der Waals surface area contributed by atoms with E-state index in [1.54, 1.807) is 0 Å². The molecule has 0 aliphatic heterocycles. The highest BCUT2D eigenvalue weighted by Gasteiger charge is 2.24. The minimum absolute atomic E-state index is 0.115. The van der Waals surface area contributed by atoms with Crippen LogP contribution in [-0.4, -0.2) is 13.1 Å². The van der Waals surface area contributed by atoms with Crippen LogP contribution >= 0.6 is 0 Å². The SMILES string of the molecule is CCN(CC1CC1)c1ccccc1[C@@H](C)N. The highest BCUT2D eigenvalue weighted by Crippen LogP contribution is 2.33. The predicted molar refractivity (Wildman–Crippen MR) is 69.7 cm³/mol. The number of nitrogens with two attached hydrogens (primary N) is 1. The normalized spacial score (nSPS) is 17.2. The Kier molecular flexibility index (Phi) is 3.49. The van der Waals surface area contributed by atoms with Gasteiger partial charge in [-0.25, -0.2) is 0 Å². The van der Waals surface area contributed by atoms with E-state index in [9.17, 15) is 0 Å². The maximum atomic E-state index is 6.03. The van der Waals surface area contributed by atoms with Gasteiger partial charge in [0.05, 0.1) is 0 Å². The second-order valence-corrected chi connectivity index (χ2v) is 4.83. The summed E-state index contributed by atoms with van der Waals surface area (Å²) in [6, 6.07) is 8.65. The zero-order valence-electron chi connectivity index (χ0n) is 10.3. The molecule has 1 aliphatic rings. The van der Waals surface area contributed by atoms with Crippen LogP contribution < -0.4 is 10.6 Å². The zero-order chi connectivity index (χ0) is 11.5. The molecule has 0 radical (unpaired) electrons. The first-order valence-corrected chi connectivity index (χ1v) is 6.31. The number of benzene rings is 1. The topological polar surface area (TPSA) is 29.3 Å².